The van der Waals surface area contributed by atoms with Crippen LogP contribution in [0.2, 0.25) is 0 Å². The third-order valence-corrected chi connectivity index (χ3v) is 6.23. The third kappa shape index (κ3) is 3.28. The quantitative estimate of drug-likeness (QED) is 0.821. The van der Waals surface area contributed by atoms with Gasteiger partial charge < -0.3 is 9.47 Å². The van der Waals surface area contributed by atoms with Gasteiger partial charge in [-0.15, -0.1) is 0 Å². The first-order valence-electron chi connectivity index (χ1n) is 7.72. The van der Waals surface area contributed by atoms with E-state index in [0.717, 1.165) is 31.4 Å². The van der Waals surface area contributed by atoms with Gasteiger partial charge in [-0.2, -0.15) is 0 Å². The van der Waals surface area contributed by atoms with Crippen LogP contribution in [0.25, 0.3) is 11.0 Å². The standard InChI is InChI=1S/C15H20N4O3S2/c1-10(14(20)19-7-3-4-8-19)23-15-17-12-9-11(24(16,21)22)5-6-13(12)18(15)2/h5-6,9-10H,3-4,7-8H2,1-2H3,(H2,16,21,22)/t10-/m1/s1. The number of nitrogens with two attached hydrogens (primary N) is 1. The number of nitrogens with zero attached hydrogens (tertiary/aromatic N) is 3. The SMILES string of the molecule is C[C@@H](Sc1nc2cc(S(N)(=O)=O)ccc2n1C)C(=O)N1CCCC1. The molecule has 7 nitrogen and oxygen atoms in total. The van der Waals surface area contributed by atoms with E-state index in [1.807, 2.05) is 23.4 Å². The lowest BCUT2D eigenvalue weighted by molar-refractivity contribution is -0.129. The molecular weight excluding hydrogens is 348 g/mol. The zero-order valence-electron chi connectivity index (χ0n) is 13.6. The van der Waals surface area contributed by atoms with Crippen LogP contribution in [0.1, 0.15) is 19.8 Å². The van der Waals surface area contributed by atoms with Crippen molar-refractivity contribution in [2.45, 2.75) is 35.1 Å². The van der Waals surface area contributed by atoms with Crippen LogP contribution in [0.5, 0.6) is 0 Å². The van der Waals surface area contributed by atoms with Crippen molar-refractivity contribution in [1.82, 2.24) is 14.5 Å². The van der Waals surface area contributed by atoms with Gasteiger partial charge in [-0.3, -0.25) is 4.79 Å². The number of carbonyl (C=O) groups is 1. The number of fused-ring (bicyclic) bond motifs is 1. The normalized spacial score (nSPS) is 16.7. The Morgan fingerprint density at radius 1 is 1.33 bits per heavy atom. The van der Waals surface area contributed by atoms with E-state index in [1.165, 1.54) is 23.9 Å². The molecule has 1 fully saturated rings. The van der Waals surface area contributed by atoms with Gasteiger partial charge in [0, 0.05) is 20.1 Å². The Bertz CT molecular complexity index is 886. The van der Waals surface area contributed by atoms with Crippen molar-refractivity contribution >= 4 is 38.7 Å². The Labute approximate surface area is 145 Å². The first-order valence-corrected chi connectivity index (χ1v) is 10.1. The predicted octanol–water partition coefficient (Wildman–Crippen LogP) is 1.32. The third-order valence-electron chi connectivity index (χ3n) is 4.19. The molecule has 2 aromatic rings. The maximum atomic E-state index is 12.4. The van der Waals surface area contributed by atoms with Crippen LogP contribution < -0.4 is 5.14 Å². The van der Waals surface area contributed by atoms with Crippen molar-refractivity contribution < 1.29 is 13.2 Å². The van der Waals surface area contributed by atoms with Crippen molar-refractivity contribution in [3.63, 3.8) is 0 Å². The molecule has 0 aliphatic carbocycles. The van der Waals surface area contributed by atoms with E-state index in [1.54, 1.807) is 6.07 Å². The van der Waals surface area contributed by atoms with Crippen molar-refractivity contribution in [3.8, 4) is 0 Å². The summed E-state index contributed by atoms with van der Waals surface area (Å²) < 4.78 is 24.8. The molecule has 2 N–H and O–H groups in total. The number of rotatable bonds is 4. The molecule has 0 unspecified atom stereocenters. The van der Waals surface area contributed by atoms with Crippen molar-refractivity contribution in [2.24, 2.45) is 12.2 Å². The molecule has 1 aromatic carbocycles. The minimum atomic E-state index is -3.76. The van der Waals surface area contributed by atoms with E-state index in [2.05, 4.69) is 4.98 Å². The van der Waals surface area contributed by atoms with E-state index in [-0.39, 0.29) is 16.1 Å². The molecular formula is C15H20N4O3S2. The van der Waals surface area contributed by atoms with Gasteiger partial charge >= 0.3 is 0 Å². The maximum Gasteiger partial charge on any atom is 0.238 e. The number of amides is 1. The molecule has 0 saturated carbocycles. The number of aromatic nitrogens is 2. The highest BCUT2D eigenvalue weighted by molar-refractivity contribution is 8.00. The fraction of sp³-hybridized carbons (Fsp3) is 0.467. The molecule has 0 bridgehead atoms. The average Bonchev–Trinajstić information content (AvgIpc) is 3.15. The Kier molecular flexibility index (Phi) is 4.58. The second-order valence-corrected chi connectivity index (χ2v) is 8.81. The minimum Gasteiger partial charge on any atom is -0.342 e. The highest BCUT2D eigenvalue weighted by Gasteiger charge is 2.25. The van der Waals surface area contributed by atoms with Crippen molar-refractivity contribution in [2.75, 3.05) is 13.1 Å². The molecule has 1 amide bonds. The molecule has 130 valence electrons. The fourth-order valence-electron chi connectivity index (χ4n) is 2.84. The molecule has 3 rings (SSSR count). The number of primary sulfonamides is 1. The van der Waals surface area contributed by atoms with Gasteiger partial charge in [-0.1, -0.05) is 11.8 Å². The summed E-state index contributed by atoms with van der Waals surface area (Å²) in [6.45, 7) is 3.52. The highest BCUT2D eigenvalue weighted by Crippen LogP contribution is 2.28. The minimum absolute atomic E-state index is 0.0332. The molecule has 1 aliphatic heterocycles. The number of thioether (sulfide) groups is 1. The van der Waals surface area contributed by atoms with Gasteiger partial charge in [0.1, 0.15) is 0 Å². The van der Waals surface area contributed by atoms with Gasteiger partial charge in [-0.05, 0) is 38.0 Å². The first-order chi connectivity index (χ1) is 11.3. The van der Waals surface area contributed by atoms with Crippen LogP contribution in [0, 0.1) is 0 Å². The summed E-state index contributed by atoms with van der Waals surface area (Å²) in [5, 5.41) is 5.60. The zero-order valence-corrected chi connectivity index (χ0v) is 15.2. The van der Waals surface area contributed by atoms with Crippen molar-refractivity contribution in [1.29, 1.82) is 0 Å². The van der Waals surface area contributed by atoms with E-state index >= 15 is 0 Å². The van der Waals surface area contributed by atoms with Gasteiger partial charge in [0.25, 0.3) is 0 Å². The summed E-state index contributed by atoms with van der Waals surface area (Å²) in [5.74, 6) is 0.120. The van der Waals surface area contributed by atoms with Crippen LogP contribution in [-0.2, 0) is 21.9 Å². The lowest BCUT2D eigenvalue weighted by atomic mass is 10.3. The lowest BCUT2D eigenvalue weighted by Crippen LogP contribution is -2.34. The van der Waals surface area contributed by atoms with Crippen LogP contribution >= 0.6 is 11.8 Å². The Morgan fingerprint density at radius 3 is 2.62 bits per heavy atom. The lowest BCUT2D eigenvalue weighted by Gasteiger charge is -2.19. The summed E-state index contributed by atoms with van der Waals surface area (Å²) in [6, 6.07) is 4.60. The zero-order chi connectivity index (χ0) is 17.5. The molecule has 1 aromatic heterocycles. The molecule has 9 heteroatoms. The summed E-state index contributed by atoms with van der Waals surface area (Å²) in [7, 11) is -1.91. The van der Waals surface area contributed by atoms with Gasteiger partial charge in [0.05, 0.1) is 21.2 Å². The Morgan fingerprint density at radius 2 is 2.00 bits per heavy atom. The molecule has 0 radical (unpaired) electrons. The van der Waals surface area contributed by atoms with E-state index < -0.39 is 10.0 Å². The number of aryl methyl sites for hydroxylation is 1. The number of carbonyl (C=O) groups excluding carboxylic acids is 1. The van der Waals surface area contributed by atoms with Crippen LogP contribution in [0.4, 0.5) is 0 Å². The van der Waals surface area contributed by atoms with Gasteiger partial charge in [-0.25, -0.2) is 18.5 Å². The highest BCUT2D eigenvalue weighted by atomic mass is 32.2. The van der Waals surface area contributed by atoms with Crippen molar-refractivity contribution in [3.05, 3.63) is 18.2 Å². The van der Waals surface area contributed by atoms with Crippen LogP contribution in [-0.4, -0.2) is 47.1 Å². The summed E-state index contributed by atoms with van der Waals surface area (Å²) in [6.07, 6.45) is 2.12. The second-order valence-electron chi connectivity index (χ2n) is 5.94. The van der Waals surface area contributed by atoms with E-state index in [9.17, 15) is 13.2 Å². The number of likely N-dealkylation sites (tertiary alicyclic amines) is 1. The summed E-state index contributed by atoms with van der Waals surface area (Å²) >= 11 is 1.38. The van der Waals surface area contributed by atoms with Crippen LogP contribution in [0.15, 0.2) is 28.3 Å². The molecule has 0 spiro atoms. The number of hydrogen-bond donors (Lipinski definition) is 1. The number of sulfonamides is 1. The van der Waals surface area contributed by atoms with Gasteiger partial charge in [0.2, 0.25) is 15.9 Å². The van der Waals surface area contributed by atoms with Crippen LogP contribution in [0.3, 0.4) is 0 Å². The maximum absolute atomic E-state index is 12.4. The second kappa shape index (κ2) is 6.38. The smallest absolute Gasteiger partial charge is 0.238 e. The number of imidazole rings is 1. The van der Waals surface area contributed by atoms with E-state index in [0.29, 0.717) is 10.7 Å². The molecule has 24 heavy (non-hydrogen) atoms. The Hall–Kier alpha value is -1.58. The predicted molar refractivity (Wildman–Crippen MR) is 93.2 cm³/mol. The number of benzene rings is 1. The first kappa shape index (κ1) is 17.2. The number of hydrogen-bond acceptors (Lipinski definition) is 5. The molecule has 1 atom stereocenters. The molecule has 1 aliphatic rings. The summed E-state index contributed by atoms with van der Waals surface area (Å²) in [4.78, 5) is 18.8. The molecule has 1 saturated heterocycles. The largest absolute Gasteiger partial charge is 0.342 e. The fourth-order valence-corrected chi connectivity index (χ4v) is 4.35. The summed E-state index contributed by atoms with van der Waals surface area (Å²) in [5.41, 5.74) is 1.35. The monoisotopic (exact) mass is 368 g/mol. The van der Waals surface area contributed by atoms with Gasteiger partial charge in [0.15, 0.2) is 5.16 Å². The topological polar surface area (TPSA) is 98.3 Å². The molecule has 2 heterocycles. The average molecular weight is 368 g/mol. The van der Waals surface area contributed by atoms with E-state index in [4.69, 9.17) is 5.14 Å². The Balaban J connectivity index is 1.86.